The maximum Gasteiger partial charge on any atom is 0.309 e. The number of hydrogen-bond acceptors (Lipinski definition) is 1. The van der Waals surface area contributed by atoms with Crippen LogP contribution in [0.25, 0.3) is 0 Å². The van der Waals surface area contributed by atoms with Gasteiger partial charge in [0.2, 0.25) is 0 Å². The van der Waals surface area contributed by atoms with Gasteiger partial charge in [-0.1, -0.05) is 31.6 Å². The Bertz CT molecular complexity index is 330. The van der Waals surface area contributed by atoms with E-state index in [0.717, 1.165) is 0 Å². The number of carboxylic acids is 1. The molecule has 0 saturated heterocycles. The monoisotopic (exact) mass is 222 g/mol. The van der Waals surface area contributed by atoms with Gasteiger partial charge in [-0.2, -0.15) is 0 Å². The van der Waals surface area contributed by atoms with Crippen LogP contribution in [0.3, 0.4) is 0 Å². The van der Waals surface area contributed by atoms with Crippen LogP contribution in [-0.4, -0.2) is 11.1 Å². The molecule has 0 fully saturated rings. The topological polar surface area (TPSA) is 37.3 Å². The van der Waals surface area contributed by atoms with Gasteiger partial charge in [-0.15, -0.1) is 6.58 Å². The van der Waals surface area contributed by atoms with Gasteiger partial charge in [0, 0.05) is 0 Å². The predicted octanol–water partition coefficient (Wildman–Crippen LogP) is 3.50. The molecule has 0 bridgehead atoms. The summed E-state index contributed by atoms with van der Waals surface area (Å²) in [6, 6.07) is 0. The molecule has 0 spiro atoms. The van der Waals surface area contributed by atoms with E-state index in [1.54, 1.807) is 0 Å². The summed E-state index contributed by atoms with van der Waals surface area (Å²) in [7, 11) is 0. The molecule has 0 aliphatic heterocycles. The summed E-state index contributed by atoms with van der Waals surface area (Å²) in [6.07, 6.45) is 4.84. The molecule has 0 aromatic heterocycles. The number of carbonyl (C=O) groups is 1. The zero-order valence-corrected chi connectivity index (χ0v) is 10.7. The van der Waals surface area contributed by atoms with Crippen molar-refractivity contribution in [3.8, 4) is 0 Å². The molecule has 4 atom stereocenters. The SMILES string of the molecule is C=CC(C)C1C=C(C)C(C)C(C)(C(=O)O)C1. The van der Waals surface area contributed by atoms with Crippen molar-refractivity contribution in [3.05, 3.63) is 24.3 Å². The van der Waals surface area contributed by atoms with E-state index in [-0.39, 0.29) is 5.92 Å². The fourth-order valence-electron chi connectivity index (χ4n) is 2.49. The molecular formula is C14H22O2. The van der Waals surface area contributed by atoms with Gasteiger partial charge in [-0.3, -0.25) is 4.79 Å². The maximum absolute atomic E-state index is 11.4. The predicted molar refractivity (Wildman–Crippen MR) is 66.1 cm³/mol. The fourth-order valence-corrected chi connectivity index (χ4v) is 2.49. The minimum atomic E-state index is -0.686. The number of allylic oxidation sites excluding steroid dienone is 3. The van der Waals surface area contributed by atoms with Gasteiger partial charge in [0.05, 0.1) is 5.41 Å². The van der Waals surface area contributed by atoms with Crippen molar-refractivity contribution in [3.63, 3.8) is 0 Å². The molecule has 16 heavy (non-hydrogen) atoms. The van der Waals surface area contributed by atoms with E-state index in [9.17, 15) is 9.90 Å². The highest BCUT2D eigenvalue weighted by Gasteiger charge is 2.44. The van der Waals surface area contributed by atoms with Crippen LogP contribution in [0.15, 0.2) is 24.3 Å². The normalized spacial score (nSPS) is 36.4. The minimum absolute atomic E-state index is 0.110. The summed E-state index contributed by atoms with van der Waals surface area (Å²) >= 11 is 0. The first-order valence-electron chi connectivity index (χ1n) is 5.87. The second-order valence-corrected chi connectivity index (χ2v) is 5.32. The molecule has 1 rings (SSSR count). The Hall–Kier alpha value is -1.05. The molecule has 90 valence electrons. The van der Waals surface area contributed by atoms with Crippen LogP contribution in [-0.2, 0) is 4.79 Å². The first-order valence-corrected chi connectivity index (χ1v) is 5.87. The van der Waals surface area contributed by atoms with E-state index in [0.29, 0.717) is 18.3 Å². The lowest BCUT2D eigenvalue weighted by atomic mass is 9.63. The summed E-state index contributed by atoms with van der Waals surface area (Å²) in [4.78, 5) is 11.4. The molecule has 1 aliphatic rings. The van der Waals surface area contributed by atoms with Gasteiger partial charge >= 0.3 is 5.97 Å². The summed E-state index contributed by atoms with van der Waals surface area (Å²) in [5.41, 5.74) is 0.552. The van der Waals surface area contributed by atoms with Crippen LogP contribution >= 0.6 is 0 Å². The van der Waals surface area contributed by atoms with E-state index in [2.05, 4.69) is 19.6 Å². The van der Waals surface area contributed by atoms with Gasteiger partial charge in [-0.05, 0) is 38.0 Å². The summed E-state index contributed by atoms with van der Waals surface area (Å²) in [6.45, 7) is 11.8. The molecular weight excluding hydrogens is 200 g/mol. The molecule has 4 unspecified atom stereocenters. The Balaban J connectivity index is 3.07. The quantitative estimate of drug-likeness (QED) is 0.742. The lowest BCUT2D eigenvalue weighted by Crippen LogP contribution is -2.40. The largest absolute Gasteiger partial charge is 0.481 e. The average Bonchev–Trinajstić information content (AvgIpc) is 2.23. The van der Waals surface area contributed by atoms with Crippen LogP contribution in [0.4, 0.5) is 0 Å². The molecule has 0 saturated carbocycles. The summed E-state index contributed by atoms with van der Waals surface area (Å²) < 4.78 is 0. The third-order valence-corrected chi connectivity index (χ3v) is 4.31. The van der Waals surface area contributed by atoms with Crippen LogP contribution in [0.2, 0.25) is 0 Å². The Labute approximate surface area is 98.1 Å². The maximum atomic E-state index is 11.4. The van der Waals surface area contributed by atoms with Crippen molar-refractivity contribution in [1.29, 1.82) is 0 Å². The lowest BCUT2D eigenvalue weighted by Gasteiger charge is -2.40. The van der Waals surface area contributed by atoms with Crippen LogP contribution in [0.5, 0.6) is 0 Å². The van der Waals surface area contributed by atoms with E-state index in [4.69, 9.17) is 0 Å². The highest BCUT2D eigenvalue weighted by molar-refractivity contribution is 5.75. The first kappa shape index (κ1) is 13.0. The highest BCUT2D eigenvalue weighted by Crippen LogP contribution is 2.45. The smallest absolute Gasteiger partial charge is 0.309 e. The summed E-state index contributed by atoms with van der Waals surface area (Å²) in [5.74, 6) is 0.0582. The molecule has 0 aromatic rings. The van der Waals surface area contributed by atoms with Crippen molar-refractivity contribution < 1.29 is 9.90 Å². The third-order valence-electron chi connectivity index (χ3n) is 4.31. The second kappa shape index (κ2) is 4.44. The van der Waals surface area contributed by atoms with E-state index in [1.165, 1.54) is 5.57 Å². The zero-order valence-electron chi connectivity index (χ0n) is 10.7. The minimum Gasteiger partial charge on any atom is -0.481 e. The number of carboxylic acid groups (broad SMARTS) is 1. The molecule has 0 heterocycles. The van der Waals surface area contributed by atoms with Gasteiger partial charge in [-0.25, -0.2) is 0 Å². The van der Waals surface area contributed by atoms with Gasteiger partial charge in [0.15, 0.2) is 0 Å². The van der Waals surface area contributed by atoms with Crippen molar-refractivity contribution in [2.75, 3.05) is 0 Å². The van der Waals surface area contributed by atoms with Gasteiger partial charge in [0.1, 0.15) is 0 Å². The van der Waals surface area contributed by atoms with Gasteiger partial charge in [0.25, 0.3) is 0 Å². The van der Waals surface area contributed by atoms with Crippen molar-refractivity contribution in [2.24, 2.45) is 23.2 Å². The lowest BCUT2D eigenvalue weighted by molar-refractivity contribution is -0.151. The second-order valence-electron chi connectivity index (χ2n) is 5.32. The number of rotatable bonds is 3. The standard InChI is InChI=1S/C14H22O2/c1-6-9(2)12-7-10(3)11(4)14(5,8-12)13(15)16/h6-7,9,11-12H,1,8H2,2-5H3,(H,15,16). The Morgan fingerprint density at radius 1 is 1.75 bits per heavy atom. The Morgan fingerprint density at radius 3 is 2.75 bits per heavy atom. The number of hydrogen-bond donors (Lipinski definition) is 1. The van der Waals surface area contributed by atoms with Crippen molar-refractivity contribution >= 4 is 5.97 Å². The molecule has 2 nitrogen and oxygen atoms in total. The van der Waals surface area contributed by atoms with Crippen LogP contribution < -0.4 is 0 Å². The van der Waals surface area contributed by atoms with Crippen LogP contribution in [0.1, 0.15) is 34.1 Å². The van der Waals surface area contributed by atoms with Gasteiger partial charge < -0.3 is 5.11 Å². The van der Waals surface area contributed by atoms with E-state index < -0.39 is 11.4 Å². The van der Waals surface area contributed by atoms with E-state index in [1.807, 2.05) is 26.8 Å². The van der Waals surface area contributed by atoms with E-state index >= 15 is 0 Å². The molecule has 2 heteroatoms. The Kier molecular flexibility index (Phi) is 3.61. The summed E-state index contributed by atoms with van der Waals surface area (Å²) in [5, 5.41) is 9.40. The molecule has 0 aromatic carbocycles. The molecule has 0 amide bonds. The molecule has 1 aliphatic carbocycles. The van der Waals surface area contributed by atoms with Crippen molar-refractivity contribution in [1.82, 2.24) is 0 Å². The number of aliphatic carboxylic acids is 1. The third kappa shape index (κ3) is 2.06. The highest BCUT2D eigenvalue weighted by atomic mass is 16.4. The average molecular weight is 222 g/mol. The molecule has 1 N–H and O–H groups in total. The molecule has 0 radical (unpaired) electrons. The zero-order chi connectivity index (χ0) is 12.5. The van der Waals surface area contributed by atoms with Crippen molar-refractivity contribution in [2.45, 2.75) is 34.1 Å². The first-order chi connectivity index (χ1) is 7.32. The fraction of sp³-hybridized carbons (Fsp3) is 0.643. The van der Waals surface area contributed by atoms with Crippen LogP contribution in [0, 0.1) is 23.2 Å². The Morgan fingerprint density at radius 2 is 2.31 bits per heavy atom.